The quantitative estimate of drug-likeness (QED) is 0.859. The lowest BCUT2D eigenvalue weighted by Gasteiger charge is -2.27. The van der Waals surface area contributed by atoms with Gasteiger partial charge >= 0.3 is 0 Å². The first-order valence-electron chi connectivity index (χ1n) is 6.99. The second kappa shape index (κ2) is 6.72. The zero-order valence-corrected chi connectivity index (χ0v) is 12.0. The molecule has 2 N–H and O–H groups in total. The van der Waals surface area contributed by atoms with Crippen molar-refractivity contribution in [2.45, 2.75) is 32.5 Å². The van der Waals surface area contributed by atoms with Crippen LogP contribution in [0, 0.1) is 0 Å². The summed E-state index contributed by atoms with van der Waals surface area (Å²) >= 11 is 0. The summed E-state index contributed by atoms with van der Waals surface area (Å²) in [4.78, 5) is 13.7. The van der Waals surface area contributed by atoms with Crippen LogP contribution in [0.4, 0.5) is 11.4 Å². The van der Waals surface area contributed by atoms with Gasteiger partial charge in [-0.05, 0) is 26.0 Å². The van der Waals surface area contributed by atoms with E-state index in [-0.39, 0.29) is 12.0 Å². The van der Waals surface area contributed by atoms with E-state index in [4.69, 9.17) is 4.74 Å². The van der Waals surface area contributed by atoms with Crippen LogP contribution in [0.2, 0.25) is 0 Å². The molecule has 20 heavy (non-hydrogen) atoms. The largest absolute Gasteiger partial charge is 0.389 e. The van der Waals surface area contributed by atoms with E-state index in [1.807, 2.05) is 43.0 Å². The lowest BCUT2D eigenvalue weighted by Crippen LogP contribution is -2.36. The summed E-state index contributed by atoms with van der Waals surface area (Å²) in [6.07, 6.45) is -0.0464. The van der Waals surface area contributed by atoms with Crippen LogP contribution in [0.15, 0.2) is 24.3 Å². The molecule has 1 aliphatic rings. The molecular weight excluding hydrogens is 256 g/mol. The summed E-state index contributed by atoms with van der Waals surface area (Å²) in [6.45, 7) is 5.24. The van der Waals surface area contributed by atoms with E-state index in [0.29, 0.717) is 26.1 Å². The normalized spacial score (nSPS) is 16.6. The van der Waals surface area contributed by atoms with Gasteiger partial charge in [-0.15, -0.1) is 0 Å². The molecule has 1 aromatic carbocycles. The highest BCUT2D eigenvalue weighted by atomic mass is 16.5. The minimum absolute atomic E-state index is 0.00729. The lowest BCUT2D eigenvalue weighted by molar-refractivity contribution is -0.116. The van der Waals surface area contributed by atoms with Crippen molar-refractivity contribution in [3.63, 3.8) is 0 Å². The molecule has 1 aliphatic heterocycles. The third-order valence-electron chi connectivity index (χ3n) is 3.18. The Morgan fingerprint density at radius 1 is 1.40 bits per heavy atom. The van der Waals surface area contributed by atoms with Crippen molar-refractivity contribution < 1.29 is 14.6 Å². The maximum absolute atomic E-state index is 11.7. The Morgan fingerprint density at radius 3 is 2.90 bits per heavy atom. The molecule has 5 heteroatoms. The van der Waals surface area contributed by atoms with E-state index in [2.05, 4.69) is 5.32 Å². The number of carbonyl (C=O) groups is 1. The number of carbonyl (C=O) groups excluding carboxylic acids is 1. The number of rotatable bonds is 5. The molecule has 0 bridgehead atoms. The molecule has 110 valence electrons. The lowest BCUT2D eigenvalue weighted by atomic mass is 10.2. The maximum atomic E-state index is 11.7. The Labute approximate surface area is 119 Å². The topological polar surface area (TPSA) is 61.8 Å². The van der Waals surface area contributed by atoms with Crippen molar-refractivity contribution in [2.75, 3.05) is 29.9 Å². The summed E-state index contributed by atoms with van der Waals surface area (Å²) in [5, 5.41) is 12.9. The molecule has 1 heterocycles. The molecule has 5 nitrogen and oxygen atoms in total. The Morgan fingerprint density at radius 2 is 2.15 bits per heavy atom. The monoisotopic (exact) mass is 278 g/mol. The number of β-amino-alcohol motifs (C(OH)–C–C–N with tert-alkyl or cyclic N) is 1. The molecule has 0 aromatic heterocycles. The minimum Gasteiger partial charge on any atom is -0.389 e. The Hall–Kier alpha value is -1.59. The third-order valence-corrected chi connectivity index (χ3v) is 3.18. The van der Waals surface area contributed by atoms with E-state index in [9.17, 15) is 9.90 Å². The Bertz CT molecular complexity index is 462. The zero-order valence-electron chi connectivity index (χ0n) is 12.0. The van der Waals surface area contributed by atoms with E-state index in [1.54, 1.807) is 0 Å². The van der Waals surface area contributed by atoms with Crippen LogP contribution in [-0.4, -0.2) is 42.9 Å². The number of para-hydroxylation sites is 2. The molecule has 1 amide bonds. The highest BCUT2D eigenvalue weighted by Gasteiger charge is 2.20. The van der Waals surface area contributed by atoms with Gasteiger partial charge in [0.05, 0.1) is 30.2 Å². The average Bonchev–Trinajstić information content (AvgIpc) is 2.56. The molecule has 1 unspecified atom stereocenters. The second-order valence-corrected chi connectivity index (χ2v) is 5.30. The van der Waals surface area contributed by atoms with E-state index in [0.717, 1.165) is 11.4 Å². The number of hydrogen-bond donors (Lipinski definition) is 2. The molecule has 1 aromatic rings. The molecule has 0 saturated carbocycles. The van der Waals surface area contributed by atoms with Crippen LogP contribution < -0.4 is 10.2 Å². The van der Waals surface area contributed by atoms with Gasteiger partial charge in [0, 0.05) is 19.5 Å². The fraction of sp³-hybridized carbons (Fsp3) is 0.533. The van der Waals surface area contributed by atoms with Crippen LogP contribution in [0.25, 0.3) is 0 Å². The zero-order chi connectivity index (χ0) is 14.5. The number of nitrogens with one attached hydrogen (secondary N) is 1. The minimum atomic E-state index is -0.571. The Balaban J connectivity index is 2.05. The molecule has 1 atom stereocenters. The smallest absolute Gasteiger partial charge is 0.226 e. The first-order chi connectivity index (χ1) is 9.56. The number of aliphatic hydroxyl groups is 1. The number of anilines is 2. The highest BCUT2D eigenvalue weighted by Crippen LogP contribution is 2.28. The highest BCUT2D eigenvalue weighted by molar-refractivity contribution is 5.96. The van der Waals surface area contributed by atoms with Gasteiger partial charge in [-0.3, -0.25) is 4.79 Å². The van der Waals surface area contributed by atoms with E-state index >= 15 is 0 Å². The molecule has 0 aliphatic carbocycles. The summed E-state index contributed by atoms with van der Waals surface area (Å²) < 4.78 is 5.43. The summed E-state index contributed by atoms with van der Waals surface area (Å²) in [5.41, 5.74) is 1.74. The summed E-state index contributed by atoms with van der Waals surface area (Å²) in [6, 6.07) is 7.65. The van der Waals surface area contributed by atoms with Gasteiger partial charge < -0.3 is 20.1 Å². The fourth-order valence-electron chi connectivity index (χ4n) is 2.23. The van der Waals surface area contributed by atoms with Crippen molar-refractivity contribution >= 4 is 17.3 Å². The number of fused-ring (bicyclic) bond motifs is 1. The summed E-state index contributed by atoms with van der Waals surface area (Å²) in [7, 11) is 0. The van der Waals surface area contributed by atoms with Crippen molar-refractivity contribution in [2.24, 2.45) is 0 Å². The van der Waals surface area contributed by atoms with Crippen LogP contribution in [0.5, 0.6) is 0 Å². The molecule has 0 saturated heterocycles. The number of hydrogen-bond acceptors (Lipinski definition) is 4. The number of aliphatic hydroxyl groups excluding tert-OH is 1. The van der Waals surface area contributed by atoms with Crippen molar-refractivity contribution in [1.29, 1.82) is 0 Å². The predicted octanol–water partition coefficient (Wildman–Crippen LogP) is 1.62. The van der Waals surface area contributed by atoms with Crippen LogP contribution in [-0.2, 0) is 9.53 Å². The summed E-state index contributed by atoms with van der Waals surface area (Å²) in [5.74, 6) is 0.00729. The first kappa shape index (κ1) is 14.8. The molecule has 2 rings (SSSR count). The van der Waals surface area contributed by atoms with Gasteiger partial charge in [0.15, 0.2) is 0 Å². The van der Waals surface area contributed by atoms with E-state index < -0.39 is 6.10 Å². The average molecular weight is 278 g/mol. The molecule has 0 spiro atoms. The predicted molar refractivity (Wildman–Crippen MR) is 79.0 cm³/mol. The number of nitrogens with zero attached hydrogens (tertiary/aromatic N) is 1. The van der Waals surface area contributed by atoms with Crippen LogP contribution >= 0.6 is 0 Å². The van der Waals surface area contributed by atoms with Crippen LogP contribution in [0.3, 0.4) is 0 Å². The van der Waals surface area contributed by atoms with Crippen LogP contribution in [0.1, 0.15) is 20.3 Å². The Kier molecular flexibility index (Phi) is 4.98. The van der Waals surface area contributed by atoms with Crippen molar-refractivity contribution in [1.82, 2.24) is 0 Å². The van der Waals surface area contributed by atoms with Crippen molar-refractivity contribution in [3.8, 4) is 0 Å². The third kappa shape index (κ3) is 3.95. The standard InChI is InChI=1S/C15H22N2O3/c1-11(2)20-10-12(18)9-17-8-7-15(19)16-13-5-3-4-6-14(13)17/h3-6,11-12,18H,7-10H2,1-2H3,(H,16,19). The van der Waals surface area contributed by atoms with Gasteiger partial charge in [-0.1, -0.05) is 12.1 Å². The number of benzene rings is 1. The second-order valence-electron chi connectivity index (χ2n) is 5.30. The van der Waals surface area contributed by atoms with Gasteiger partial charge in [0.1, 0.15) is 0 Å². The fourth-order valence-corrected chi connectivity index (χ4v) is 2.23. The van der Waals surface area contributed by atoms with Gasteiger partial charge in [-0.2, -0.15) is 0 Å². The number of ether oxygens (including phenoxy) is 1. The SMILES string of the molecule is CC(C)OCC(O)CN1CCC(=O)Nc2ccccc21. The van der Waals surface area contributed by atoms with Gasteiger partial charge in [0.25, 0.3) is 0 Å². The first-order valence-corrected chi connectivity index (χ1v) is 6.99. The molecular formula is C15H22N2O3. The van der Waals surface area contributed by atoms with E-state index in [1.165, 1.54) is 0 Å². The number of amides is 1. The molecule has 0 radical (unpaired) electrons. The van der Waals surface area contributed by atoms with Gasteiger partial charge in [0.2, 0.25) is 5.91 Å². The molecule has 0 fully saturated rings. The van der Waals surface area contributed by atoms with Crippen molar-refractivity contribution in [3.05, 3.63) is 24.3 Å². The van der Waals surface area contributed by atoms with Gasteiger partial charge in [-0.25, -0.2) is 0 Å². The maximum Gasteiger partial charge on any atom is 0.226 e.